The van der Waals surface area contributed by atoms with Crippen molar-refractivity contribution < 1.29 is 4.79 Å². The van der Waals surface area contributed by atoms with Gasteiger partial charge in [0.25, 0.3) is 0 Å². The van der Waals surface area contributed by atoms with E-state index in [1.54, 1.807) is 0 Å². The van der Waals surface area contributed by atoms with Crippen molar-refractivity contribution in [1.29, 1.82) is 0 Å². The van der Waals surface area contributed by atoms with Gasteiger partial charge >= 0.3 is 0 Å². The van der Waals surface area contributed by atoms with Crippen LogP contribution in [0.4, 0.5) is 0 Å². The molecule has 3 N–H and O–H groups in total. The lowest BCUT2D eigenvalue weighted by molar-refractivity contribution is -0.119. The van der Waals surface area contributed by atoms with Crippen molar-refractivity contribution in [3.63, 3.8) is 0 Å². The molecule has 1 amide bonds. The summed E-state index contributed by atoms with van der Waals surface area (Å²) in [5, 5.41) is 3.31. The molecule has 0 spiro atoms. The first kappa shape index (κ1) is 15.0. The molecule has 20 heavy (non-hydrogen) atoms. The summed E-state index contributed by atoms with van der Waals surface area (Å²) in [5.41, 5.74) is 6.68. The molecule has 1 saturated heterocycles. The highest BCUT2D eigenvalue weighted by Crippen LogP contribution is 2.12. The lowest BCUT2D eigenvalue weighted by Gasteiger charge is -2.33. The first-order valence-corrected chi connectivity index (χ1v) is 7.47. The highest BCUT2D eigenvalue weighted by molar-refractivity contribution is 5.79. The Morgan fingerprint density at radius 2 is 2.00 bits per heavy atom. The Labute approximate surface area is 121 Å². The molecule has 1 fully saturated rings. The molecule has 1 heterocycles. The number of hydrogen-bond acceptors (Lipinski definition) is 3. The number of amides is 1. The first-order valence-electron chi connectivity index (χ1n) is 7.47. The Kier molecular flexibility index (Phi) is 5.56. The van der Waals surface area contributed by atoms with Gasteiger partial charge in [-0.15, -0.1) is 0 Å². The van der Waals surface area contributed by atoms with Crippen LogP contribution in [-0.4, -0.2) is 42.5 Å². The lowest BCUT2D eigenvalue weighted by atomic mass is 10.0. The van der Waals surface area contributed by atoms with Crippen molar-refractivity contribution in [2.75, 3.05) is 19.6 Å². The third kappa shape index (κ3) is 4.62. The average molecular weight is 275 g/mol. The SMILES string of the molecule is CC(NC1CCN(CCc2ccccc2)CC1)C(N)=O. The molecule has 1 atom stereocenters. The minimum atomic E-state index is -0.267. The molecule has 0 radical (unpaired) electrons. The number of carbonyl (C=O) groups excluding carboxylic acids is 1. The van der Waals surface area contributed by atoms with Crippen molar-refractivity contribution in [3.05, 3.63) is 35.9 Å². The molecule has 0 bridgehead atoms. The number of nitrogens with one attached hydrogen (secondary N) is 1. The molecule has 4 heteroatoms. The second-order valence-electron chi connectivity index (χ2n) is 5.64. The number of likely N-dealkylation sites (tertiary alicyclic amines) is 1. The molecule has 0 saturated carbocycles. The van der Waals surface area contributed by atoms with Gasteiger partial charge in [-0.3, -0.25) is 4.79 Å². The van der Waals surface area contributed by atoms with E-state index < -0.39 is 0 Å². The smallest absolute Gasteiger partial charge is 0.234 e. The van der Waals surface area contributed by atoms with E-state index >= 15 is 0 Å². The molecule has 1 aliphatic heterocycles. The number of rotatable bonds is 6. The second kappa shape index (κ2) is 7.41. The van der Waals surface area contributed by atoms with Crippen LogP contribution in [0.2, 0.25) is 0 Å². The minimum absolute atomic E-state index is 0.226. The van der Waals surface area contributed by atoms with E-state index in [0.29, 0.717) is 6.04 Å². The van der Waals surface area contributed by atoms with Gasteiger partial charge in [-0.25, -0.2) is 0 Å². The molecular formula is C16H25N3O. The fraction of sp³-hybridized carbons (Fsp3) is 0.562. The van der Waals surface area contributed by atoms with Crippen molar-refractivity contribution >= 4 is 5.91 Å². The molecule has 1 aromatic rings. The fourth-order valence-electron chi connectivity index (χ4n) is 2.69. The number of nitrogens with two attached hydrogens (primary N) is 1. The van der Waals surface area contributed by atoms with Crippen LogP contribution in [0.15, 0.2) is 30.3 Å². The molecular weight excluding hydrogens is 250 g/mol. The predicted octanol–water partition coefficient (Wildman–Crippen LogP) is 1.16. The maximum atomic E-state index is 11.0. The zero-order valence-electron chi connectivity index (χ0n) is 12.2. The van der Waals surface area contributed by atoms with Crippen LogP contribution in [0.3, 0.4) is 0 Å². The van der Waals surface area contributed by atoms with Gasteiger partial charge in [0, 0.05) is 12.6 Å². The number of piperidine rings is 1. The number of carbonyl (C=O) groups is 1. The van der Waals surface area contributed by atoms with Gasteiger partial charge < -0.3 is 16.0 Å². The van der Waals surface area contributed by atoms with Crippen LogP contribution < -0.4 is 11.1 Å². The van der Waals surface area contributed by atoms with E-state index in [-0.39, 0.29) is 11.9 Å². The summed E-state index contributed by atoms with van der Waals surface area (Å²) >= 11 is 0. The molecule has 0 aromatic heterocycles. The number of primary amides is 1. The number of benzene rings is 1. The van der Waals surface area contributed by atoms with Gasteiger partial charge in [0.15, 0.2) is 0 Å². The van der Waals surface area contributed by atoms with Crippen LogP contribution in [0, 0.1) is 0 Å². The zero-order valence-corrected chi connectivity index (χ0v) is 12.2. The van der Waals surface area contributed by atoms with Crippen LogP contribution in [0.5, 0.6) is 0 Å². The van der Waals surface area contributed by atoms with Gasteiger partial charge in [0.05, 0.1) is 6.04 Å². The van der Waals surface area contributed by atoms with Gasteiger partial charge in [-0.05, 0) is 44.8 Å². The third-order valence-electron chi connectivity index (χ3n) is 4.06. The summed E-state index contributed by atoms with van der Waals surface area (Å²) in [6, 6.07) is 10.8. The standard InChI is InChI=1S/C16H25N3O/c1-13(16(17)20)18-15-8-11-19(12-9-15)10-7-14-5-3-2-4-6-14/h2-6,13,15,18H,7-12H2,1H3,(H2,17,20). The summed E-state index contributed by atoms with van der Waals surface area (Å²) in [6.07, 6.45) is 3.29. The van der Waals surface area contributed by atoms with E-state index in [0.717, 1.165) is 38.9 Å². The normalized spacial score (nSPS) is 18.9. The van der Waals surface area contributed by atoms with E-state index in [9.17, 15) is 4.79 Å². The first-order chi connectivity index (χ1) is 9.65. The molecule has 1 unspecified atom stereocenters. The Morgan fingerprint density at radius 3 is 2.60 bits per heavy atom. The van der Waals surface area contributed by atoms with Crippen LogP contribution >= 0.6 is 0 Å². The highest BCUT2D eigenvalue weighted by atomic mass is 16.1. The van der Waals surface area contributed by atoms with Gasteiger partial charge in [0.1, 0.15) is 0 Å². The Bertz CT molecular complexity index is 413. The minimum Gasteiger partial charge on any atom is -0.368 e. The van der Waals surface area contributed by atoms with Gasteiger partial charge in [-0.2, -0.15) is 0 Å². The second-order valence-corrected chi connectivity index (χ2v) is 5.64. The third-order valence-corrected chi connectivity index (χ3v) is 4.06. The van der Waals surface area contributed by atoms with Crippen LogP contribution in [0.1, 0.15) is 25.3 Å². The topological polar surface area (TPSA) is 58.4 Å². The van der Waals surface area contributed by atoms with E-state index in [2.05, 4.69) is 40.5 Å². The van der Waals surface area contributed by atoms with E-state index in [1.165, 1.54) is 5.56 Å². The average Bonchev–Trinajstić information content (AvgIpc) is 2.47. The largest absolute Gasteiger partial charge is 0.368 e. The van der Waals surface area contributed by atoms with E-state index in [4.69, 9.17) is 5.73 Å². The molecule has 4 nitrogen and oxygen atoms in total. The molecule has 1 aliphatic rings. The Hall–Kier alpha value is -1.39. The predicted molar refractivity (Wildman–Crippen MR) is 81.4 cm³/mol. The molecule has 110 valence electrons. The number of nitrogens with zero attached hydrogens (tertiary/aromatic N) is 1. The summed E-state index contributed by atoms with van der Waals surface area (Å²) in [6.45, 7) is 5.14. The lowest BCUT2D eigenvalue weighted by Crippen LogP contribution is -2.49. The van der Waals surface area contributed by atoms with Crippen molar-refractivity contribution in [3.8, 4) is 0 Å². The number of hydrogen-bond donors (Lipinski definition) is 2. The molecule has 1 aromatic carbocycles. The maximum absolute atomic E-state index is 11.0. The van der Waals surface area contributed by atoms with Crippen LogP contribution in [-0.2, 0) is 11.2 Å². The summed E-state index contributed by atoms with van der Waals surface area (Å²) in [7, 11) is 0. The van der Waals surface area contributed by atoms with Crippen molar-refractivity contribution in [1.82, 2.24) is 10.2 Å². The molecule has 0 aliphatic carbocycles. The highest BCUT2D eigenvalue weighted by Gasteiger charge is 2.21. The van der Waals surface area contributed by atoms with Crippen molar-refractivity contribution in [2.24, 2.45) is 5.73 Å². The Balaban J connectivity index is 1.68. The van der Waals surface area contributed by atoms with E-state index in [1.807, 2.05) is 6.92 Å². The summed E-state index contributed by atoms with van der Waals surface area (Å²) < 4.78 is 0. The maximum Gasteiger partial charge on any atom is 0.234 e. The zero-order chi connectivity index (χ0) is 14.4. The quantitative estimate of drug-likeness (QED) is 0.819. The monoisotopic (exact) mass is 275 g/mol. The summed E-state index contributed by atoms with van der Waals surface area (Å²) in [4.78, 5) is 13.5. The van der Waals surface area contributed by atoms with Crippen molar-refractivity contribution in [2.45, 2.75) is 38.3 Å². The fourth-order valence-corrected chi connectivity index (χ4v) is 2.69. The summed E-state index contributed by atoms with van der Waals surface area (Å²) in [5.74, 6) is -0.267. The van der Waals surface area contributed by atoms with Crippen LogP contribution in [0.25, 0.3) is 0 Å². The van der Waals surface area contributed by atoms with Gasteiger partial charge in [0.2, 0.25) is 5.91 Å². The Morgan fingerprint density at radius 1 is 1.35 bits per heavy atom. The van der Waals surface area contributed by atoms with Gasteiger partial charge in [-0.1, -0.05) is 30.3 Å². The molecule has 2 rings (SSSR count).